The smallest absolute Gasteiger partial charge is 0.409 e. The molecule has 0 saturated heterocycles. The number of likely N-dealkylation sites (N-methyl/N-ethyl adjacent to an activating group) is 1. The molecular weight excluding hydrogens is 541 g/mol. The summed E-state index contributed by atoms with van der Waals surface area (Å²) in [6.45, 7) is 5.85. The van der Waals surface area contributed by atoms with Gasteiger partial charge in [0.25, 0.3) is 5.56 Å². The summed E-state index contributed by atoms with van der Waals surface area (Å²) in [5.74, 6) is -0.710. The summed E-state index contributed by atoms with van der Waals surface area (Å²) in [7, 11) is 6.28. The number of ether oxygens (including phenoxy) is 1. The van der Waals surface area contributed by atoms with Gasteiger partial charge in [-0.25, -0.2) is 14.2 Å². The number of aromatic nitrogens is 3. The van der Waals surface area contributed by atoms with Crippen molar-refractivity contribution in [2.24, 2.45) is 5.92 Å². The molecule has 3 heterocycles. The average Bonchev–Trinajstić information content (AvgIpc) is 3.31. The van der Waals surface area contributed by atoms with Gasteiger partial charge in [-0.05, 0) is 50.3 Å². The number of hydrogen-bond acceptors (Lipinski definition) is 6. The first-order valence-electron chi connectivity index (χ1n) is 13.9. The second kappa shape index (κ2) is 14.1. The Hall–Kier alpha value is -4.28. The van der Waals surface area contributed by atoms with Gasteiger partial charge < -0.3 is 24.1 Å². The minimum Gasteiger partial charge on any atom is -0.438 e. The van der Waals surface area contributed by atoms with Crippen molar-refractivity contribution in [3.05, 3.63) is 75.2 Å². The van der Waals surface area contributed by atoms with Crippen LogP contribution in [0, 0.1) is 18.7 Å². The third-order valence-corrected chi connectivity index (χ3v) is 6.71. The van der Waals surface area contributed by atoms with E-state index in [0.717, 1.165) is 0 Å². The predicted molar refractivity (Wildman–Crippen MR) is 159 cm³/mol. The van der Waals surface area contributed by atoms with E-state index in [2.05, 4.69) is 9.97 Å². The Balaban J connectivity index is 1.82. The number of pyridine rings is 2. The van der Waals surface area contributed by atoms with Gasteiger partial charge in [-0.1, -0.05) is 26.0 Å². The number of H-pyrrole nitrogens is 1. The molecule has 0 aliphatic carbocycles. The summed E-state index contributed by atoms with van der Waals surface area (Å²) in [6.07, 6.45) is 3.66. The number of nitrogens with one attached hydrogen (secondary N) is 1. The van der Waals surface area contributed by atoms with Gasteiger partial charge in [-0.3, -0.25) is 14.4 Å². The largest absolute Gasteiger partial charge is 0.438 e. The number of carbonyl (C=O) groups excluding carboxylic acids is 3. The van der Waals surface area contributed by atoms with E-state index in [4.69, 9.17) is 4.74 Å². The molecule has 0 saturated carbocycles. The Bertz CT molecular complexity index is 1540. The minimum atomic E-state index is -1.09. The van der Waals surface area contributed by atoms with Crippen LogP contribution in [0.1, 0.15) is 49.2 Å². The van der Waals surface area contributed by atoms with E-state index in [9.17, 15) is 23.6 Å². The van der Waals surface area contributed by atoms with Gasteiger partial charge in [0.1, 0.15) is 5.82 Å². The molecule has 0 unspecified atom stereocenters. The van der Waals surface area contributed by atoms with Crippen molar-refractivity contribution < 1.29 is 23.5 Å². The molecule has 0 aliphatic rings. The number of rotatable bonds is 12. The molecule has 0 aromatic carbocycles. The van der Waals surface area contributed by atoms with Crippen molar-refractivity contribution in [2.75, 3.05) is 28.2 Å². The Morgan fingerprint density at radius 2 is 1.88 bits per heavy atom. The van der Waals surface area contributed by atoms with Crippen LogP contribution in [0.5, 0.6) is 0 Å². The first-order chi connectivity index (χ1) is 19.8. The molecule has 10 nitrogen and oxygen atoms in total. The molecule has 0 radical (unpaired) electrons. The topological polar surface area (TPSA) is 118 Å². The maximum Gasteiger partial charge on any atom is 0.409 e. The van der Waals surface area contributed by atoms with Crippen LogP contribution in [0.4, 0.5) is 9.18 Å². The molecular formula is C31H40FN5O5. The predicted octanol–water partition coefficient (Wildman–Crippen LogP) is 4.02. The van der Waals surface area contributed by atoms with Crippen molar-refractivity contribution in [1.29, 1.82) is 0 Å². The highest BCUT2D eigenvalue weighted by Gasteiger charge is 2.25. The van der Waals surface area contributed by atoms with Crippen LogP contribution in [-0.4, -0.2) is 76.4 Å². The van der Waals surface area contributed by atoms with Crippen LogP contribution in [0.25, 0.3) is 11.0 Å². The van der Waals surface area contributed by atoms with Crippen molar-refractivity contribution in [1.82, 2.24) is 24.3 Å². The van der Waals surface area contributed by atoms with Crippen LogP contribution >= 0.6 is 0 Å². The molecule has 226 valence electrons. The van der Waals surface area contributed by atoms with Crippen LogP contribution in [-0.2, 0) is 33.7 Å². The molecule has 0 fully saturated rings. The lowest BCUT2D eigenvalue weighted by Gasteiger charge is -2.19. The highest BCUT2D eigenvalue weighted by molar-refractivity contribution is 5.88. The van der Waals surface area contributed by atoms with Gasteiger partial charge in [-0.15, -0.1) is 0 Å². The summed E-state index contributed by atoms with van der Waals surface area (Å²) < 4.78 is 21.8. The molecule has 1 N–H and O–H groups in total. The van der Waals surface area contributed by atoms with E-state index in [0.29, 0.717) is 40.8 Å². The number of carbonyl (C=O) groups is 3. The first kappa shape index (κ1) is 32.2. The first-order valence-corrected chi connectivity index (χ1v) is 13.9. The molecule has 0 bridgehead atoms. The van der Waals surface area contributed by atoms with Crippen LogP contribution in [0.2, 0.25) is 0 Å². The summed E-state index contributed by atoms with van der Waals surface area (Å²) in [6, 6.07) is 5.06. The summed E-state index contributed by atoms with van der Waals surface area (Å²) in [4.78, 5) is 60.9. The molecule has 1 atom stereocenters. The Morgan fingerprint density at radius 1 is 1.17 bits per heavy atom. The number of amides is 2. The fourth-order valence-electron chi connectivity index (χ4n) is 4.48. The number of aryl methyl sites for hydroxylation is 1. The molecule has 3 aromatic heterocycles. The summed E-state index contributed by atoms with van der Waals surface area (Å²) in [5, 5.41) is 0. The highest BCUT2D eigenvalue weighted by Crippen LogP contribution is 2.25. The summed E-state index contributed by atoms with van der Waals surface area (Å²) >= 11 is 0. The maximum atomic E-state index is 14.9. The third-order valence-electron chi connectivity index (χ3n) is 6.71. The van der Waals surface area contributed by atoms with Gasteiger partial charge in [-0.2, -0.15) is 0 Å². The van der Waals surface area contributed by atoms with Crippen molar-refractivity contribution in [3.8, 4) is 0 Å². The standard InChI is InChI=1S/C31H40FN5O5/c1-19(2)15-23-28(32)20(3)33-24-17-22(34-29(23)24)18-37-14-10-11-21(30(37)40)16-25(38)26(42-31(41)36(6)7)12-8-9-13-27(39)35(4)5/h9-11,13-14,17,19,26,34H,8,12,15-16,18H2,1-7H3/b13-9+/t26-/m0/s1. The van der Waals surface area contributed by atoms with Crippen molar-refractivity contribution in [2.45, 2.75) is 59.1 Å². The zero-order valence-corrected chi connectivity index (χ0v) is 25.4. The lowest BCUT2D eigenvalue weighted by Crippen LogP contribution is -2.35. The Kier molecular flexibility index (Phi) is 10.8. The zero-order chi connectivity index (χ0) is 31.1. The van der Waals surface area contributed by atoms with Gasteiger partial charge >= 0.3 is 6.09 Å². The fraction of sp³-hybridized carbons (Fsp3) is 0.452. The van der Waals surface area contributed by atoms with E-state index in [1.165, 1.54) is 34.5 Å². The summed E-state index contributed by atoms with van der Waals surface area (Å²) in [5.41, 5.74) is 2.71. The SMILES string of the molecule is Cc1nc2cc(Cn3cccc(CC(=O)[C@H](CC/C=C/C(=O)N(C)C)OC(=O)N(C)C)c3=O)[nH]c2c(CC(C)C)c1F. The minimum absolute atomic E-state index is 0.160. The Morgan fingerprint density at radius 3 is 2.52 bits per heavy atom. The van der Waals surface area contributed by atoms with Gasteiger partial charge in [0.05, 0.1) is 23.3 Å². The molecule has 0 spiro atoms. The number of fused-ring (bicyclic) bond motifs is 1. The second-order valence-corrected chi connectivity index (χ2v) is 11.2. The quantitative estimate of drug-likeness (QED) is 0.323. The molecule has 3 rings (SSSR count). The van der Waals surface area contributed by atoms with Gasteiger partial charge in [0.15, 0.2) is 11.9 Å². The van der Waals surface area contributed by atoms with Gasteiger partial charge in [0.2, 0.25) is 5.91 Å². The maximum absolute atomic E-state index is 14.9. The molecule has 42 heavy (non-hydrogen) atoms. The molecule has 2 amide bonds. The number of hydrogen-bond donors (Lipinski definition) is 1. The third kappa shape index (κ3) is 8.14. The molecule has 3 aromatic rings. The number of Topliss-reactive ketones (excluding diaryl/α,β-unsaturated/α-hetero) is 1. The number of allylic oxidation sites excluding steroid dienone is 1. The average molecular weight is 582 g/mol. The lowest BCUT2D eigenvalue weighted by atomic mass is 10.0. The van der Waals surface area contributed by atoms with E-state index in [1.807, 2.05) is 13.8 Å². The lowest BCUT2D eigenvalue weighted by molar-refractivity contribution is -0.127. The fourth-order valence-corrected chi connectivity index (χ4v) is 4.48. The molecule has 0 aliphatic heterocycles. The number of ketones is 1. The molecule has 11 heteroatoms. The van der Waals surface area contributed by atoms with E-state index in [-0.39, 0.29) is 48.2 Å². The Labute approximate surface area is 245 Å². The number of aromatic amines is 1. The number of halogens is 1. The van der Waals surface area contributed by atoms with E-state index >= 15 is 0 Å². The zero-order valence-electron chi connectivity index (χ0n) is 25.4. The van der Waals surface area contributed by atoms with Gasteiger partial charge in [0, 0.05) is 57.6 Å². The van der Waals surface area contributed by atoms with E-state index < -0.39 is 18.0 Å². The highest BCUT2D eigenvalue weighted by atomic mass is 19.1. The van der Waals surface area contributed by atoms with Crippen molar-refractivity contribution in [3.63, 3.8) is 0 Å². The normalized spacial score (nSPS) is 12.2. The van der Waals surface area contributed by atoms with Crippen LogP contribution in [0.3, 0.4) is 0 Å². The van der Waals surface area contributed by atoms with E-state index in [1.54, 1.807) is 51.5 Å². The second-order valence-electron chi connectivity index (χ2n) is 11.2. The van der Waals surface area contributed by atoms with Crippen LogP contribution in [0.15, 0.2) is 41.3 Å². The van der Waals surface area contributed by atoms with Crippen LogP contribution < -0.4 is 5.56 Å². The monoisotopic (exact) mass is 581 g/mol. The number of nitrogens with zero attached hydrogens (tertiary/aromatic N) is 4. The van der Waals surface area contributed by atoms with Crippen molar-refractivity contribution >= 4 is 28.8 Å².